The Morgan fingerprint density at radius 1 is 0.882 bits per heavy atom. The number of ether oxygens (including phenoxy) is 2. The zero-order valence-electron chi connectivity index (χ0n) is 19.6. The zero-order chi connectivity index (χ0) is 23.8. The molecule has 172 valence electrons. The van der Waals surface area contributed by atoms with E-state index in [2.05, 4.69) is 37.3 Å². The van der Waals surface area contributed by atoms with Gasteiger partial charge in [0.15, 0.2) is 0 Å². The first-order valence-electron chi connectivity index (χ1n) is 11.5. The molecule has 1 atom stereocenters. The van der Waals surface area contributed by atoms with Crippen LogP contribution in [0.1, 0.15) is 40.2 Å². The van der Waals surface area contributed by atoms with Gasteiger partial charge in [0.1, 0.15) is 19.0 Å². The molecule has 2 aliphatic heterocycles. The molecular weight excluding hydrogens is 426 g/mol. The summed E-state index contributed by atoms with van der Waals surface area (Å²) in [5.41, 5.74) is 7.36. The van der Waals surface area contributed by atoms with Crippen molar-refractivity contribution in [1.29, 1.82) is 0 Å². The Hall–Kier alpha value is -3.86. The van der Waals surface area contributed by atoms with Crippen molar-refractivity contribution in [2.24, 2.45) is 0 Å². The third-order valence-electron chi connectivity index (χ3n) is 6.39. The summed E-state index contributed by atoms with van der Waals surface area (Å²) in [5, 5.41) is 0. The molecule has 1 amide bonds. The second-order valence-corrected chi connectivity index (χ2v) is 9.11. The highest BCUT2D eigenvalue weighted by atomic mass is 16.5. The van der Waals surface area contributed by atoms with Gasteiger partial charge in [-0.1, -0.05) is 48.0 Å². The Kier molecular flexibility index (Phi) is 5.70. The molecule has 3 aromatic rings. The smallest absolute Gasteiger partial charge is 0.336 e. The van der Waals surface area contributed by atoms with E-state index in [0.29, 0.717) is 17.9 Å². The Balaban J connectivity index is 1.40. The van der Waals surface area contributed by atoms with Crippen LogP contribution in [0.25, 0.3) is 0 Å². The maximum absolute atomic E-state index is 13.3. The van der Waals surface area contributed by atoms with Crippen LogP contribution < -0.4 is 9.64 Å². The molecule has 0 aliphatic carbocycles. The molecule has 5 nitrogen and oxygen atoms in total. The highest BCUT2D eigenvalue weighted by Crippen LogP contribution is 2.42. The summed E-state index contributed by atoms with van der Waals surface area (Å²) in [6, 6.07) is 21.9. The molecule has 1 unspecified atom stereocenters. The van der Waals surface area contributed by atoms with Gasteiger partial charge < -0.3 is 9.47 Å². The number of amides is 1. The summed E-state index contributed by atoms with van der Waals surface area (Å²) in [6.45, 7) is 6.65. The predicted molar refractivity (Wildman–Crippen MR) is 131 cm³/mol. The fraction of sp³-hybridized carbons (Fsp3) is 0.241. The number of rotatable bonds is 5. The van der Waals surface area contributed by atoms with Crippen molar-refractivity contribution in [2.75, 3.05) is 11.5 Å². The first kappa shape index (κ1) is 22.0. The zero-order valence-corrected chi connectivity index (χ0v) is 19.6. The van der Waals surface area contributed by atoms with E-state index in [0.717, 1.165) is 33.7 Å². The van der Waals surface area contributed by atoms with Crippen molar-refractivity contribution in [3.8, 4) is 5.75 Å². The Morgan fingerprint density at radius 2 is 1.56 bits per heavy atom. The molecule has 0 bridgehead atoms. The molecule has 0 saturated carbocycles. The summed E-state index contributed by atoms with van der Waals surface area (Å²) < 4.78 is 11.3. The highest BCUT2D eigenvalue weighted by Gasteiger charge is 2.43. The maximum Gasteiger partial charge on any atom is 0.336 e. The fourth-order valence-electron chi connectivity index (χ4n) is 4.77. The fourth-order valence-corrected chi connectivity index (χ4v) is 4.77. The van der Waals surface area contributed by atoms with Crippen molar-refractivity contribution in [2.45, 2.75) is 39.7 Å². The van der Waals surface area contributed by atoms with Crippen LogP contribution in [0.5, 0.6) is 5.75 Å². The van der Waals surface area contributed by atoms with Gasteiger partial charge in [-0.3, -0.25) is 9.69 Å². The van der Waals surface area contributed by atoms with Gasteiger partial charge in [0.05, 0.1) is 11.3 Å². The minimum Gasteiger partial charge on any atom is -0.489 e. The van der Waals surface area contributed by atoms with Crippen LogP contribution in [0.2, 0.25) is 0 Å². The monoisotopic (exact) mass is 453 g/mol. The molecule has 5 heteroatoms. The average Bonchev–Trinajstić information content (AvgIpc) is 3.19. The number of carbonyl (C=O) groups excluding carboxylic acids is 2. The molecular formula is C29H27NO4. The van der Waals surface area contributed by atoms with Crippen molar-refractivity contribution < 1.29 is 19.1 Å². The van der Waals surface area contributed by atoms with Crippen LogP contribution in [-0.2, 0) is 20.9 Å². The van der Waals surface area contributed by atoms with Gasteiger partial charge in [-0.05, 0) is 67.3 Å². The molecule has 34 heavy (non-hydrogen) atoms. The minimum atomic E-state index is -0.346. The molecule has 3 aromatic carbocycles. The molecule has 0 aromatic heterocycles. The Bertz CT molecular complexity index is 1270. The average molecular weight is 454 g/mol. The highest BCUT2D eigenvalue weighted by molar-refractivity contribution is 6.06. The van der Waals surface area contributed by atoms with Gasteiger partial charge >= 0.3 is 5.97 Å². The quantitative estimate of drug-likeness (QED) is 0.477. The number of hydrogen-bond donors (Lipinski definition) is 0. The Labute approximate surface area is 199 Å². The summed E-state index contributed by atoms with van der Waals surface area (Å²) in [7, 11) is 0. The Morgan fingerprint density at radius 3 is 2.24 bits per heavy atom. The topological polar surface area (TPSA) is 55.8 Å². The number of hydrogen-bond acceptors (Lipinski definition) is 4. The molecule has 2 heterocycles. The summed E-state index contributed by atoms with van der Waals surface area (Å²) in [4.78, 5) is 27.7. The van der Waals surface area contributed by atoms with Crippen LogP contribution in [0, 0.1) is 20.8 Å². The molecule has 0 radical (unpaired) electrons. The lowest BCUT2D eigenvalue weighted by atomic mass is 9.84. The number of anilines is 1. The lowest BCUT2D eigenvalue weighted by molar-refractivity contribution is -0.136. The molecule has 5 rings (SSSR count). The van der Waals surface area contributed by atoms with Gasteiger partial charge in [-0.2, -0.15) is 0 Å². The van der Waals surface area contributed by atoms with Gasteiger partial charge in [0.2, 0.25) is 5.91 Å². The normalized spacial score (nSPS) is 17.6. The lowest BCUT2D eigenvalue weighted by Gasteiger charge is -2.32. The first-order chi connectivity index (χ1) is 16.4. The third-order valence-corrected chi connectivity index (χ3v) is 6.39. The first-order valence-corrected chi connectivity index (χ1v) is 11.5. The molecule has 0 fully saturated rings. The predicted octanol–water partition coefficient (Wildman–Crippen LogP) is 5.52. The van der Waals surface area contributed by atoms with Crippen molar-refractivity contribution in [3.05, 3.63) is 106 Å². The van der Waals surface area contributed by atoms with Crippen LogP contribution in [0.4, 0.5) is 5.69 Å². The second kappa shape index (κ2) is 8.82. The van der Waals surface area contributed by atoms with Crippen molar-refractivity contribution in [3.63, 3.8) is 0 Å². The third kappa shape index (κ3) is 4.21. The van der Waals surface area contributed by atoms with Crippen LogP contribution in [0.15, 0.2) is 78.0 Å². The van der Waals surface area contributed by atoms with E-state index in [1.165, 1.54) is 5.56 Å². The summed E-state index contributed by atoms with van der Waals surface area (Å²) in [5.74, 6) is 0.0330. The molecule has 0 saturated heterocycles. The maximum atomic E-state index is 13.3. The van der Waals surface area contributed by atoms with Crippen LogP contribution in [0.3, 0.4) is 0 Å². The standard InChI is InChI=1S/C29H27NO4/c1-18-4-6-21(7-5-18)16-33-24-10-8-22(9-11-24)25-15-27(31)30(26-17-34-29(32)28(25)26)23-13-19(2)12-20(3)14-23/h4-14,25H,15-17H2,1-3H3. The molecule has 2 aliphatic rings. The molecule has 0 N–H and O–H groups in total. The van der Waals surface area contributed by atoms with E-state index in [4.69, 9.17) is 9.47 Å². The van der Waals surface area contributed by atoms with Gasteiger partial charge in [-0.25, -0.2) is 4.79 Å². The van der Waals surface area contributed by atoms with Crippen molar-refractivity contribution in [1.82, 2.24) is 0 Å². The van der Waals surface area contributed by atoms with Gasteiger partial charge in [0.25, 0.3) is 0 Å². The van der Waals surface area contributed by atoms with E-state index in [-0.39, 0.29) is 30.8 Å². The van der Waals surface area contributed by atoms with E-state index in [1.54, 1.807) is 4.90 Å². The van der Waals surface area contributed by atoms with Crippen LogP contribution >= 0.6 is 0 Å². The van der Waals surface area contributed by atoms with Gasteiger partial charge in [0, 0.05) is 18.0 Å². The molecule has 0 spiro atoms. The largest absolute Gasteiger partial charge is 0.489 e. The summed E-state index contributed by atoms with van der Waals surface area (Å²) in [6.07, 6.45) is 0.213. The van der Waals surface area contributed by atoms with Crippen molar-refractivity contribution >= 4 is 17.6 Å². The second-order valence-electron chi connectivity index (χ2n) is 9.11. The number of cyclic esters (lactones) is 1. The number of esters is 1. The van der Waals surface area contributed by atoms with E-state index >= 15 is 0 Å². The lowest BCUT2D eigenvalue weighted by Crippen LogP contribution is -2.37. The number of benzene rings is 3. The summed E-state index contributed by atoms with van der Waals surface area (Å²) >= 11 is 0. The van der Waals surface area contributed by atoms with E-state index < -0.39 is 0 Å². The van der Waals surface area contributed by atoms with Gasteiger partial charge in [-0.15, -0.1) is 0 Å². The SMILES string of the molecule is Cc1ccc(COc2ccc(C3CC(=O)N(c4cc(C)cc(C)c4)C4=C3C(=O)OC4)cc2)cc1. The van der Waals surface area contributed by atoms with E-state index in [1.807, 2.05) is 50.2 Å². The van der Waals surface area contributed by atoms with Crippen LogP contribution in [-0.4, -0.2) is 18.5 Å². The van der Waals surface area contributed by atoms with E-state index in [9.17, 15) is 9.59 Å². The number of carbonyl (C=O) groups is 2. The minimum absolute atomic E-state index is 0.0354. The number of aryl methyl sites for hydroxylation is 3. The number of nitrogens with zero attached hydrogens (tertiary/aromatic N) is 1.